The smallest absolute Gasteiger partial charge is 0.232 e. The highest BCUT2D eigenvalue weighted by Crippen LogP contribution is 2.46. The molecule has 0 radical (unpaired) electrons. The van der Waals surface area contributed by atoms with Crippen molar-refractivity contribution in [2.24, 2.45) is 35.2 Å². The molecule has 654 valence electrons. The topological polar surface area (TPSA) is 150 Å². The van der Waals surface area contributed by atoms with E-state index in [4.69, 9.17) is 22.1 Å². The molecule has 129 heavy (non-hydrogen) atoms. The van der Waals surface area contributed by atoms with E-state index in [0.29, 0.717) is 71.5 Å². The number of aryl methyl sites for hydroxylation is 24. The van der Waals surface area contributed by atoms with Crippen LogP contribution in [0.1, 0.15) is 111 Å². The first-order valence-electron chi connectivity index (χ1n) is 42.1. The Balaban J connectivity index is 0.000000118. The van der Waals surface area contributed by atoms with E-state index in [-0.39, 0.29) is 50.8 Å². The van der Waals surface area contributed by atoms with Crippen LogP contribution in [-0.2, 0) is 35.2 Å². The number of nitrogens with zero attached hydrogens (tertiary/aromatic N) is 10. The Morgan fingerprint density at radius 3 is 1.02 bits per heavy atom. The van der Waals surface area contributed by atoms with E-state index >= 15 is 0 Å². The van der Waals surface area contributed by atoms with Gasteiger partial charge in [0, 0.05) is 96.9 Å². The number of aromatic nitrogens is 10. The minimum absolute atomic E-state index is 0.0149. The molecule has 0 aliphatic carbocycles. The lowest BCUT2D eigenvalue weighted by Gasteiger charge is -2.09. The molecule has 0 bridgehead atoms. The van der Waals surface area contributed by atoms with Gasteiger partial charge in [-0.05, 0) is 247 Å². The number of hydrogen-bond donors (Lipinski definition) is 0. The summed E-state index contributed by atoms with van der Waals surface area (Å²) < 4.78 is 167. The molecule has 0 amide bonds. The maximum atomic E-state index is 14.8. The second-order valence-electron chi connectivity index (χ2n) is 34.5. The SMILES string of the molecule is Cc1cc(-c2c(C)cc(C)c3c2oc2nc(F)cc(F)c23)[n+](C)cc1C.Cc1cc(-c2c(C)cc(C)c3c2oc2nc(F)ccc23)[n+](C)cc1C.Cc1cc(-c2c(C)cc(F)c3c2oc2nc(F)c(C)cc23)[n+](C)cc1C.Cc1cc(-c2c(C)cc(F)c3c2oc2nc(F)cc(C)c23)[n+](C)cc1C.Cc1cc(-c2c(C)ccc3c2oc2nc(F)c(C)c(F)c23)[n+](C)cc1C. The highest BCUT2D eigenvalue weighted by Gasteiger charge is 2.33. The summed E-state index contributed by atoms with van der Waals surface area (Å²) in [5.41, 5.74) is 31.5. The third-order valence-corrected chi connectivity index (χ3v) is 25.1. The molecule has 0 aliphatic rings. The molecule has 15 aromatic heterocycles. The maximum absolute atomic E-state index is 14.8. The van der Waals surface area contributed by atoms with E-state index in [9.17, 15) is 39.5 Å². The molecule has 15 heterocycles. The lowest BCUT2D eigenvalue weighted by atomic mass is 9.96. The summed E-state index contributed by atoms with van der Waals surface area (Å²) in [5.74, 6) is -5.55. The predicted molar refractivity (Wildman–Crippen MR) is 485 cm³/mol. The fraction of sp³-hybridized carbons (Fsp3) is 0.238. The Hall–Kier alpha value is -14.0. The maximum Gasteiger partial charge on any atom is 0.232 e. The van der Waals surface area contributed by atoms with Crippen molar-refractivity contribution in [1.29, 1.82) is 0 Å². The Morgan fingerprint density at radius 1 is 0.217 bits per heavy atom. The minimum Gasteiger partial charge on any atom is -0.437 e. The molecular formula is C105H96F9N10O5+5. The Bertz CT molecular complexity index is 8010. The third-order valence-electron chi connectivity index (χ3n) is 25.1. The molecular weight excluding hydrogens is 1650 g/mol. The molecule has 24 heteroatoms. The molecule has 15 nitrogen and oxygen atoms in total. The van der Waals surface area contributed by atoms with Gasteiger partial charge in [-0.3, -0.25) is 0 Å². The number of fused-ring (bicyclic) bond motifs is 15. The fourth-order valence-corrected chi connectivity index (χ4v) is 17.8. The zero-order valence-electron chi connectivity index (χ0n) is 76.5. The highest BCUT2D eigenvalue weighted by atomic mass is 19.2. The monoisotopic (exact) mass is 1750 g/mol. The Kier molecular flexibility index (Phi) is 22.8. The zero-order chi connectivity index (χ0) is 92.9. The van der Waals surface area contributed by atoms with Gasteiger partial charge in [-0.25, -0.2) is 40.4 Å². The van der Waals surface area contributed by atoms with Crippen molar-refractivity contribution in [2.75, 3.05) is 0 Å². The normalized spacial score (nSPS) is 11.6. The van der Waals surface area contributed by atoms with Crippen molar-refractivity contribution < 1.29 is 84.4 Å². The number of halogens is 9. The van der Waals surface area contributed by atoms with Crippen LogP contribution in [0.2, 0.25) is 0 Å². The second kappa shape index (κ2) is 33.3. The summed E-state index contributed by atoms with van der Waals surface area (Å²) in [6.07, 6.45) is 10.3. The summed E-state index contributed by atoms with van der Waals surface area (Å²) in [4.78, 5) is 19.2. The van der Waals surface area contributed by atoms with E-state index in [1.807, 2.05) is 160 Å². The average molecular weight is 1750 g/mol. The van der Waals surface area contributed by atoms with Gasteiger partial charge in [-0.2, -0.15) is 46.9 Å². The molecule has 0 fully saturated rings. The van der Waals surface area contributed by atoms with Crippen molar-refractivity contribution >= 4 is 110 Å². The van der Waals surface area contributed by atoms with Crippen LogP contribution < -0.4 is 22.8 Å². The van der Waals surface area contributed by atoms with Crippen LogP contribution in [0, 0.1) is 191 Å². The van der Waals surface area contributed by atoms with Crippen molar-refractivity contribution in [2.45, 2.75) is 138 Å². The standard InChI is InChI=1S/4C21H19F2N2O.C21H20FN2O/c1-10-8-16(25(5)9-13(10)4)17-11(2)7-15(22)18-14-6-12(3)20(23)24-21(14)26-19(17)18;1-10-7-15(25(5)9-13(10)4)17-11(2)6-14(22)19-18-12(3)8-16(23)24-21(18)26-20(17)19;1-10-7-15(25(5)9-13(10)4)17-11(2)6-12(3)18-19-14(22)8-16(23)24-21(19)26-20(17)18;1-10-6-7-14-17-18(22)13(4)20(23)24-21(17)26-19(14)16(10)15-8-11(2)12(3)9-25(15)5;1-11-9-16(24(5)10-14(11)4)19-13(3)8-12(2)18-15-6-7-17(22)23-21(15)25-20(18)19/h4*6-9H,1-5H3;6-10H,1-5H3/q5*+1. The van der Waals surface area contributed by atoms with Gasteiger partial charge in [0.05, 0.1) is 60.1 Å². The van der Waals surface area contributed by atoms with Gasteiger partial charge in [-0.15, -0.1) is 0 Å². The first kappa shape index (κ1) is 88.4. The zero-order valence-corrected chi connectivity index (χ0v) is 76.5. The largest absolute Gasteiger partial charge is 0.437 e. The van der Waals surface area contributed by atoms with Crippen LogP contribution in [-0.4, -0.2) is 24.9 Å². The summed E-state index contributed by atoms with van der Waals surface area (Å²) >= 11 is 0. The fourth-order valence-electron chi connectivity index (χ4n) is 17.8. The first-order valence-corrected chi connectivity index (χ1v) is 42.1. The van der Waals surface area contributed by atoms with Crippen LogP contribution in [0.25, 0.3) is 167 Å². The number of furan rings is 5. The molecule has 0 N–H and O–H groups in total. The van der Waals surface area contributed by atoms with Crippen molar-refractivity contribution in [1.82, 2.24) is 24.9 Å². The van der Waals surface area contributed by atoms with Crippen LogP contribution >= 0.6 is 0 Å². The van der Waals surface area contributed by atoms with Crippen LogP contribution in [0.15, 0.2) is 150 Å². The molecule has 0 aliphatic heterocycles. The van der Waals surface area contributed by atoms with E-state index in [1.165, 1.54) is 53.4 Å². The third kappa shape index (κ3) is 15.5. The van der Waals surface area contributed by atoms with E-state index in [0.717, 1.165) is 151 Å². The second-order valence-corrected chi connectivity index (χ2v) is 34.5. The number of hydrogen-bond acceptors (Lipinski definition) is 10. The van der Waals surface area contributed by atoms with Crippen molar-refractivity contribution in [3.8, 4) is 56.3 Å². The van der Waals surface area contributed by atoms with Gasteiger partial charge in [-0.1, -0.05) is 24.3 Å². The molecule has 0 spiro atoms. The first-order chi connectivity index (χ1) is 61.0. The molecule has 20 aromatic rings. The lowest BCUT2D eigenvalue weighted by molar-refractivity contribution is -0.660. The Labute approximate surface area is 738 Å². The Morgan fingerprint density at radius 2 is 0.550 bits per heavy atom. The van der Waals surface area contributed by atoms with Gasteiger partial charge in [0.1, 0.15) is 58.5 Å². The van der Waals surface area contributed by atoms with Crippen molar-refractivity contribution in [3.63, 3.8) is 0 Å². The number of benzene rings is 5. The summed E-state index contributed by atoms with van der Waals surface area (Å²) in [6.45, 7) is 39.0. The molecule has 0 saturated heterocycles. The molecule has 0 unspecified atom stereocenters. The summed E-state index contributed by atoms with van der Waals surface area (Å²) in [6, 6.07) is 28.2. The van der Waals surface area contributed by atoms with Crippen LogP contribution in [0.3, 0.4) is 0 Å². The molecule has 20 rings (SSSR count). The highest BCUT2D eigenvalue weighted by molar-refractivity contribution is 6.14. The molecule has 0 saturated carbocycles. The minimum atomic E-state index is -0.887. The quantitative estimate of drug-likeness (QED) is 0.0926. The molecule has 5 aromatic carbocycles. The number of pyridine rings is 10. The predicted octanol–water partition coefficient (Wildman–Crippen LogP) is 24.8. The van der Waals surface area contributed by atoms with E-state index in [1.54, 1.807) is 26.0 Å². The van der Waals surface area contributed by atoms with Gasteiger partial charge in [0.15, 0.2) is 58.9 Å². The summed E-state index contributed by atoms with van der Waals surface area (Å²) in [7, 11) is 9.86. The van der Waals surface area contributed by atoms with Crippen LogP contribution in [0.4, 0.5) is 39.5 Å². The van der Waals surface area contributed by atoms with Gasteiger partial charge >= 0.3 is 0 Å². The van der Waals surface area contributed by atoms with E-state index < -0.39 is 41.4 Å². The van der Waals surface area contributed by atoms with Crippen molar-refractivity contribution in [3.05, 3.63) is 292 Å². The lowest BCUT2D eigenvalue weighted by Crippen LogP contribution is -2.31. The van der Waals surface area contributed by atoms with Crippen LogP contribution in [0.5, 0.6) is 0 Å². The van der Waals surface area contributed by atoms with Gasteiger partial charge in [0.25, 0.3) is 0 Å². The summed E-state index contributed by atoms with van der Waals surface area (Å²) in [5, 5.41) is 5.26. The number of rotatable bonds is 5. The van der Waals surface area contributed by atoms with E-state index in [2.05, 4.69) is 127 Å². The van der Waals surface area contributed by atoms with Gasteiger partial charge in [0.2, 0.25) is 86.8 Å². The molecule has 0 atom stereocenters. The van der Waals surface area contributed by atoms with Gasteiger partial charge < -0.3 is 22.1 Å². The average Bonchev–Trinajstić information content (AvgIpc) is 1.62.